The molecule has 0 aliphatic carbocycles. The minimum atomic E-state index is -0.236. The molecule has 0 aliphatic rings. The van der Waals surface area contributed by atoms with Crippen molar-refractivity contribution in [1.29, 1.82) is 0 Å². The molecule has 0 amide bonds. The van der Waals surface area contributed by atoms with Crippen molar-refractivity contribution in [2.75, 3.05) is 0 Å². The molecule has 0 fully saturated rings. The third-order valence-corrected chi connectivity index (χ3v) is 16.4. The summed E-state index contributed by atoms with van der Waals surface area (Å²) in [5.41, 5.74) is 5.88. The topological polar surface area (TPSA) is 102 Å². The van der Waals surface area contributed by atoms with Crippen LogP contribution in [-0.4, -0.2) is 11.6 Å². The van der Waals surface area contributed by atoms with Gasteiger partial charge in [0, 0.05) is 107 Å². The highest BCUT2D eigenvalue weighted by atomic mass is 79.9. The minimum absolute atomic E-state index is 0.159. The Labute approximate surface area is 449 Å². The summed E-state index contributed by atoms with van der Waals surface area (Å²) in [6.45, 7) is 4.00. The first kappa shape index (κ1) is 46.9. The van der Waals surface area contributed by atoms with E-state index in [-0.39, 0.29) is 33.3 Å². The summed E-state index contributed by atoms with van der Waals surface area (Å²) in [7, 11) is 0. The molecule has 0 heterocycles. The number of rotatable bonds is 6. The molecule has 0 spiro atoms. The Bertz CT molecular complexity index is 4710. The van der Waals surface area contributed by atoms with Gasteiger partial charge in [-0.05, 0) is 70.8 Å². The number of carbonyl (C=O) groups is 2. The van der Waals surface area contributed by atoms with Gasteiger partial charge in [0.1, 0.15) is 0 Å². The molecule has 6 nitrogen and oxygen atoms in total. The van der Waals surface area contributed by atoms with Crippen LogP contribution in [0.15, 0.2) is 222 Å². The molecule has 0 saturated carbocycles. The number of hydrogen-bond donors (Lipinski definition) is 0. The van der Waals surface area contributed by atoms with Crippen LogP contribution in [0, 0.1) is 13.8 Å². The number of carbonyl (C=O) groups excluding carboxylic acids is 2. The molecule has 14 aromatic rings. The summed E-state index contributed by atoms with van der Waals surface area (Å²) in [4.78, 5) is 85.2. The van der Waals surface area contributed by atoms with Crippen molar-refractivity contribution in [2.45, 2.75) is 13.8 Å². The molecule has 8 heteroatoms. The summed E-state index contributed by atoms with van der Waals surface area (Å²) in [5, 5.41) is 9.26. The summed E-state index contributed by atoms with van der Waals surface area (Å²) >= 11 is 7.10. The van der Waals surface area contributed by atoms with Crippen molar-refractivity contribution in [3.8, 4) is 22.3 Å². The van der Waals surface area contributed by atoms with Gasteiger partial charge in [0.25, 0.3) is 0 Å². The zero-order valence-electron chi connectivity index (χ0n) is 40.7. The minimum Gasteiger partial charge on any atom is -0.289 e. The Hall–Kier alpha value is -8.82. The number of aryl methyl sites for hydroxylation is 2. The molecule has 0 N–H and O–H groups in total. The summed E-state index contributed by atoms with van der Waals surface area (Å²) in [5.74, 6) is -0.472. The van der Waals surface area contributed by atoms with Gasteiger partial charge in [0.2, 0.25) is 0 Å². The molecule has 0 aromatic heterocycles. The largest absolute Gasteiger partial charge is 0.289 e. The van der Waals surface area contributed by atoms with Crippen molar-refractivity contribution in [3.63, 3.8) is 0 Å². The number of hydrogen-bond acceptors (Lipinski definition) is 6. The van der Waals surface area contributed by atoms with Gasteiger partial charge in [-0.2, -0.15) is 0 Å². The fourth-order valence-electron chi connectivity index (χ4n) is 11.7. The highest BCUT2D eigenvalue weighted by molar-refractivity contribution is 9.10. The van der Waals surface area contributed by atoms with Gasteiger partial charge in [0.15, 0.2) is 33.3 Å². The van der Waals surface area contributed by atoms with Crippen LogP contribution >= 0.6 is 31.9 Å². The van der Waals surface area contributed by atoms with Gasteiger partial charge < -0.3 is 0 Å². The second-order valence-corrected chi connectivity index (χ2v) is 21.1. The van der Waals surface area contributed by atoms with E-state index in [9.17, 15) is 28.8 Å². The molecule has 0 aliphatic heterocycles. The van der Waals surface area contributed by atoms with Crippen molar-refractivity contribution in [1.82, 2.24) is 0 Å². The zero-order valence-corrected chi connectivity index (χ0v) is 43.9. The molecule has 0 radical (unpaired) electrons. The number of ketones is 2. The third kappa shape index (κ3) is 6.91. The van der Waals surface area contributed by atoms with Crippen molar-refractivity contribution >= 4 is 130 Å². The van der Waals surface area contributed by atoms with Gasteiger partial charge in [0.05, 0.1) is 0 Å². The average Bonchev–Trinajstić information content (AvgIpc) is 4.33. The van der Waals surface area contributed by atoms with E-state index in [0.717, 1.165) is 43.8 Å². The van der Waals surface area contributed by atoms with Crippen LogP contribution < -0.4 is 21.7 Å². The van der Waals surface area contributed by atoms with E-state index in [1.54, 1.807) is 36.4 Å². The molecule has 76 heavy (non-hydrogen) atoms. The second kappa shape index (κ2) is 17.9. The second-order valence-electron chi connectivity index (χ2n) is 19.3. The lowest BCUT2D eigenvalue weighted by atomic mass is 9.86. The average molecular weight is 1110 g/mol. The molecule has 0 unspecified atom stereocenters. The number of halogens is 2. The van der Waals surface area contributed by atoms with E-state index < -0.39 is 0 Å². The van der Waals surface area contributed by atoms with E-state index in [4.69, 9.17) is 0 Å². The normalized spacial score (nSPS) is 11.7. The Morgan fingerprint density at radius 1 is 0.289 bits per heavy atom. The lowest BCUT2D eigenvalue weighted by Gasteiger charge is -2.15. The van der Waals surface area contributed by atoms with Crippen molar-refractivity contribution in [2.24, 2.45) is 0 Å². The Morgan fingerprint density at radius 3 is 0.868 bits per heavy atom. The van der Waals surface area contributed by atoms with Crippen LogP contribution in [0.25, 0.3) is 108 Å². The van der Waals surface area contributed by atoms with E-state index >= 15 is 0 Å². The van der Waals surface area contributed by atoms with Crippen LogP contribution in [0.4, 0.5) is 0 Å². The van der Waals surface area contributed by atoms with Gasteiger partial charge >= 0.3 is 0 Å². The first-order chi connectivity index (χ1) is 36.9. The predicted molar refractivity (Wildman–Crippen MR) is 318 cm³/mol. The summed E-state index contributed by atoms with van der Waals surface area (Å²) < 4.78 is 1.31. The summed E-state index contributed by atoms with van der Waals surface area (Å²) in [6, 6.07) is 59.9. The third-order valence-electron chi connectivity index (χ3n) is 15.0. The van der Waals surface area contributed by atoms with Crippen LogP contribution in [0.1, 0.15) is 43.0 Å². The fourth-order valence-corrected chi connectivity index (χ4v) is 12.6. The van der Waals surface area contributed by atoms with Gasteiger partial charge in [-0.1, -0.05) is 213 Å². The first-order valence-corrected chi connectivity index (χ1v) is 26.3. The van der Waals surface area contributed by atoms with Gasteiger partial charge in [-0.15, -0.1) is 0 Å². The maximum Gasteiger partial charge on any atom is 0.195 e. The molecule has 360 valence electrons. The highest BCUT2D eigenvalue weighted by Gasteiger charge is 2.32. The van der Waals surface area contributed by atoms with E-state index in [1.165, 1.54) is 0 Å². The van der Waals surface area contributed by atoms with Crippen LogP contribution in [0.3, 0.4) is 0 Å². The smallest absolute Gasteiger partial charge is 0.195 e. The Balaban J connectivity index is 0.000000146. The van der Waals surface area contributed by atoms with Crippen LogP contribution in [-0.2, 0) is 0 Å². The van der Waals surface area contributed by atoms with Crippen LogP contribution in [0.5, 0.6) is 0 Å². The molecule has 0 atom stereocenters. The van der Waals surface area contributed by atoms with E-state index in [1.807, 2.05) is 172 Å². The van der Waals surface area contributed by atoms with E-state index in [0.29, 0.717) is 107 Å². The number of benzene rings is 10. The Morgan fingerprint density at radius 2 is 0.553 bits per heavy atom. The van der Waals surface area contributed by atoms with E-state index in [2.05, 4.69) is 31.9 Å². The van der Waals surface area contributed by atoms with Crippen LogP contribution in [0.2, 0.25) is 0 Å². The molecule has 0 saturated heterocycles. The monoisotopic (exact) mass is 1110 g/mol. The first-order valence-electron chi connectivity index (χ1n) is 24.7. The highest BCUT2D eigenvalue weighted by Crippen LogP contribution is 2.47. The molecule has 0 bridgehead atoms. The standard InChI is InChI=1S/2C34H19BrO3/c2*1-18-14-16-19(17-15-18)26-29-27(20-8-2-4-10-22(20)32(29)36)31-28(21-9-3-5-11-23(21)33(31)37)30(26)34(38)24-12-6-7-13-25(24)35/h2*2-17H,1H3. The predicted octanol–water partition coefficient (Wildman–Crippen LogP) is 15.7. The maximum absolute atomic E-state index is 14.5. The SMILES string of the molecule is Cc1ccc(-c2c(C(=O)c3ccccc3Br)c3c4ccccc4c(=O)c3c3c2c(=O)c2ccccc23)cc1.Cc1ccc(-c2c(C(=O)c3ccccc3Br)c3c4ccccc4c(=O)c3c3c2c(=O)c2ccccc23)cc1. The maximum atomic E-state index is 14.5. The molecule has 14 aromatic carbocycles. The van der Waals surface area contributed by atoms with Crippen molar-refractivity contribution in [3.05, 3.63) is 277 Å². The molecule has 14 rings (SSSR count). The lowest BCUT2D eigenvalue weighted by Crippen LogP contribution is -2.09. The zero-order chi connectivity index (χ0) is 52.3. The number of fused-ring (bicyclic) bond motifs is 14. The fraction of sp³-hybridized carbons (Fsp3) is 0.0294. The summed E-state index contributed by atoms with van der Waals surface area (Å²) in [6.07, 6.45) is 0. The van der Waals surface area contributed by atoms with Gasteiger partial charge in [-0.25, -0.2) is 0 Å². The van der Waals surface area contributed by atoms with Gasteiger partial charge in [-0.3, -0.25) is 28.8 Å². The molecular weight excluding hydrogens is 1070 g/mol. The van der Waals surface area contributed by atoms with Crippen molar-refractivity contribution < 1.29 is 9.59 Å². The molecular formula is C68H38Br2O6. The Kier molecular flexibility index (Phi) is 11.1. The quantitative estimate of drug-likeness (QED) is 0.154. The lowest BCUT2D eigenvalue weighted by molar-refractivity contribution is 0.103.